The highest BCUT2D eigenvalue weighted by molar-refractivity contribution is 7.89. The molecule has 0 unspecified atom stereocenters. The van der Waals surface area contributed by atoms with E-state index in [0.29, 0.717) is 32.0 Å². The lowest BCUT2D eigenvalue weighted by Crippen LogP contribution is -2.36. The van der Waals surface area contributed by atoms with Crippen LogP contribution in [0.25, 0.3) is 5.65 Å². The molecule has 0 saturated carbocycles. The van der Waals surface area contributed by atoms with Gasteiger partial charge in [-0.1, -0.05) is 38.1 Å². The lowest BCUT2D eigenvalue weighted by molar-refractivity contribution is 0.391. The number of aryl methyl sites for hydroxylation is 1. The quantitative estimate of drug-likeness (QED) is 0.658. The van der Waals surface area contributed by atoms with Crippen molar-refractivity contribution >= 4 is 15.7 Å². The third kappa shape index (κ3) is 3.27. The minimum absolute atomic E-state index is 0.0785. The van der Waals surface area contributed by atoms with Crippen LogP contribution < -0.4 is 5.69 Å². The van der Waals surface area contributed by atoms with Crippen molar-refractivity contribution in [2.24, 2.45) is 5.92 Å². The van der Waals surface area contributed by atoms with Crippen molar-refractivity contribution in [3.8, 4) is 0 Å². The summed E-state index contributed by atoms with van der Waals surface area (Å²) in [5.74, 6) is 0.424. The summed E-state index contributed by atoms with van der Waals surface area (Å²) in [4.78, 5) is 12.7. The third-order valence-electron chi connectivity index (χ3n) is 5.21. The molecule has 4 rings (SSSR count). The zero-order valence-electron chi connectivity index (χ0n) is 16.1. The van der Waals surface area contributed by atoms with E-state index in [4.69, 9.17) is 0 Å². The first kappa shape index (κ1) is 18.9. The number of sulfonamides is 1. The van der Waals surface area contributed by atoms with Crippen LogP contribution in [0.15, 0.2) is 52.3 Å². The van der Waals surface area contributed by atoms with Crippen LogP contribution in [0.4, 0.5) is 0 Å². The zero-order chi connectivity index (χ0) is 19.9. The van der Waals surface area contributed by atoms with Gasteiger partial charge in [0.25, 0.3) is 0 Å². The number of pyridine rings is 1. The van der Waals surface area contributed by atoms with Crippen LogP contribution in [0.3, 0.4) is 0 Å². The van der Waals surface area contributed by atoms with Crippen LogP contribution in [0.2, 0.25) is 0 Å². The Morgan fingerprint density at radius 2 is 1.86 bits per heavy atom. The molecule has 148 valence electrons. The highest BCUT2D eigenvalue weighted by atomic mass is 32.2. The van der Waals surface area contributed by atoms with Gasteiger partial charge in [-0.2, -0.15) is 4.31 Å². The maximum absolute atomic E-state index is 13.4. The molecule has 0 atom stereocenters. The summed E-state index contributed by atoms with van der Waals surface area (Å²) >= 11 is 0. The molecule has 3 aromatic rings. The molecule has 0 aliphatic carbocycles. The van der Waals surface area contributed by atoms with Gasteiger partial charge < -0.3 is 0 Å². The second-order valence-electron chi connectivity index (χ2n) is 7.61. The van der Waals surface area contributed by atoms with E-state index in [0.717, 1.165) is 12.0 Å². The van der Waals surface area contributed by atoms with Gasteiger partial charge in [-0.25, -0.2) is 22.3 Å². The van der Waals surface area contributed by atoms with Crippen molar-refractivity contribution in [2.75, 3.05) is 6.54 Å². The smallest absolute Gasteiger partial charge is 0.249 e. The van der Waals surface area contributed by atoms with Crippen molar-refractivity contribution in [1.82, 2.24) is 18.5 Å². The van der Waals surface area contributed by atoms with Crippen LogP contribution in [0.5, 0.6) is 0 Å². The maximum Gasteiger partial charge on any atom is 0.350 e. The standard InChI is InChI=1S/C20H24N4O3S/c1-15(2)9-13-24-20(25)23-11-5-8-18(19(23)21-24)28(26,27)22-12-10-16-6-3-4-7-17(16)14-22/h3-8,11,15H,9-10,12-14H2,1-2H3. The Morgan fingerprint density at radius 1 is 1.11 bits per heavy atom. The van der Waals surface area contributed by atoms with E-state index in [1.54, 1.807) is 12.3 Å². The zero-order valence-corrected chi connectivity index (χ0v) is 16.9. The number of benzene rings is 1. The Bertz CT molecular complexity index is 1180. The van der Waals surface area contributed by atoms with Gasteiger partial charge in [0.2, 0.25) is 10.0 Å². The first-order valence-electron chi connectivity index (χ1n) is 9.53. The fourth-order valence-electron chi connectivity index (χ4n) is 3.56. The lowest BCUT2D eigenvalue weighted by atomic mass is 10.0. The first-order chi connectivity index (χ1) is 13.4. The van der Waals surface area contributed by atoms with Gasteiger partial charge in [-0.15, -0.1) is 5.10 Å². The highest BCUT2D eigenvalue weighted by Gasteiger charge is 2.31. The van der Waals surface area contributed by atoms with Crippen LogP contribution in [-0.2, 0) is 29.5 Å². The minimum atomic E-state index is -3.77. The van der Waals surface area contributed by atoms with Gasteiger partial charge >= 0.3 is 5.69 Å². The van der Waals surface area contributed by atoms with Crippen LogP contribution >= 0.6 is 0 Å². The Morgan fingerprint density at radius 3 is 2.61 bits per heavy atom. The highest BCUT2D eigenvalue weighted by Crippen LogP contribution is 2.26. The summed E-state index contributed by atoms with van der Waals surface area (Å²) in [5, 5.41) is 4.35. The summed E-state index contributed by atoms with van der Waals surface area (Å²) in [7, 11) is -3.77. The van der Waals surface area contributed by atoms with Crippen LogP contribution in [0.1, 0.15) is 31.4 Å². The molecule has 1 aromatic carbocycles. The molecule has 2 aromatic heterocycles. The SMILES string of the molecule is CC(C)CCn1nc2c(S(=O)(=O)N3CCc4ccccc4C3)cccn2c1=O. The van der Waals surface area contributed by atoms with Gasteiger partial charge in [0.15, 0.2) is 5.65 Å². The van der Waals surface area contributed by atoms with Gasteiger partial charge in [-0.3, -0.25) is 0 Å². The third-order valence-corrected chi connectivity index (χ3v) is 7.07. The average molecular weight is 401 g/mol. The van der Waals surface area contributed by atoms with Gasteiger partial charge in [-0.05, 0) is 42.0 Å². The second kappa shape index (κ2) is 7.18. The molecule has 0 spiro atoms. The fraction of sp³-hybridized carbons (Fsp3) is 0.400. The van der Waals surface area contributed by atoms with E-state index in [-0.39, 0.29) is 16.2 Å². The predicted molar refractivity (Wildman–Crippen MR) is 107 cm³/mol. The molecule has 1 aliphatic rings. The van der Waals surface area contributed by atoms with E-state index in [2.05, 4.69) is 18.9 Å². The molecule has 7 nitrogen and oxygen atoms in total. The summed E-state index contributed by atoms with van der Waals surface area (Å²) in [6.07, 6.45) is 3.05. The van der Waals surface area contributed by atoms with E-state index >= 15 is 0 Å². The molecule has 0 amide bonds. The largest absolute Gasteiger partial charge is 0.350 e. The van der Waals surface area contributed by atoms with Crippen molar-refractivity contribution in [3.63, 3.8) is 0 Å². The molecule has 0 radical (unpaired) electrons. The molecule has 3 heterocycles. The monoisotopic (exact) mass is 400 g/mol. The Balaban J connectivity index is 1.74. The maximum atomic E-state index is 13.4. The van der Waals surface area contributed by atoms with E-state index in [1.165, 1.54) is 25.0 Å². The molecule has 1 aliphatic heterocycles. The molecular weight excluding hydrogens is 376 g/mol. The van der Waals surface area contributed by atoms with Crippen LogP contribution in [0, 0.1) is 5.92 Å². The van der Waals surface area contributed by atoms with Crippen molar-refractivity contribution in [3.05, 3.63) is 64.2 Å². The first-order valence-corrected chi connectivity index (χ1v) is 11.0. The summed E-state index contributed by atoms with van der Waals surface area (Å²) in [6.45, 7) is 5.36. The number of rotatable bonds is 5. The van der Waals surface area contributed by atoms with Gasteiger partial charge in [0.1, 0.15) is 4.90 Å². The summed E-state index contributed by atoms with van der Waals surface area (Å²) in [5.41, 5.74) is 2.08. The van der Waals surface area contributed by atoms with Gasteiger partial charge in [0, 0.05) is 25.8 Å². The predicted octanol–water partition coefficient (Wildman–Crippen LogP) is 2.29. The average Bonchev–Trinajstić information content (AvgIpc) is 3.01. The minimum Gasteiger partial charge on any atom is -0.249 e. The molecule has 0 bridgehead atoms. The molecular formula is C20H24N4O3S. The molecule has 0 fully saturated rings. The lowest BCUT2D eigenvalue weighted by Gasteiger charge is -2.28. The van der Waals surface area contributed by atoms with Crippen molar-refractivity contribution in [2.45, 2.75) is 44.7 Å². The molecule has 28 heavy (non-hydrogen) atoms. The number of fused-ring (bicyclic) bond motifs is 2. The van der Waals surface area contributed by atoms with Crippen LogP contribution in [-0.4, -0.2) is 33.4 Å². The Kier molecular flexibility index (Phi) is 4.84. The molecule has 0 saturated heterocycles. The number of hydrogen-bond acceptors (Lipinski definition) is 4. The topological polar surface area (TPSA) is 76.7 Å². The van der Waals surface area contributed by atoms with E-state index in [1.807, 2.05) is 24.3 Å². The second-order valence-corrected chi connectivity index (χ2v) is 9.52. The van der Waals surface area contributed by atoms with E-state index < -0.39 is 10.0 Å². The number of aromatic nitrogens is 3. The van der Waals surface area contributed by atoms with Gasteiger partial charge in [0.05, 0.1) is 0 Å². The summed E-state index contributed by atoms with van der Waals surface area (Å²) < 4.78 is 30.9. The molecule has 8 heteroatoms. The van der Waals surface area contributed by atoms with Crippen molar-refractivity contribution < 1.29 is 8.42 Å². The number of hydrogen-bond donors (Lipinski definition) is 0. The number of nitrogens with zero attached hydrogens (tertiary/aromatic N) is 4. The Hall–Kier alpha value is -2.45. The Labute approximate surface area is 164 Å². The van der Waals surface area contributed by atoms with Crippen molar-refractivity contribution in [1.29, 1.82) is 0 Å². The normalized spacial score (nSPS) is 15.2. The summed E-state index contributed by atoms with van der Waals surface area (Å²) in [6, 6.07) is 11.0. The van der Waals surface area contributed by atoms with E-state index in [9.17, 15) is 13.2 Å². The fourth-order valence-corrected chi connectivity index (χ4v) is 5.09. The molecule has 0 N–H and O–H groups in total.